The number of nitrogens with zero attached hydrogens (tertiary/aromatic N) is 1. The van der Waals surface area contributed by atoms with Crippen LogP contribution < -0.4 is 10.6 Å². The molecule has 0 atom stereocenters. The average Bonchev–Trinajstić information content (AvgIpc) is 3.23. The molecular weight excluding hydrogens is 362 g/mol. The lowest BCUT2D eigenvalue weighted by atomic mass is 10.1. The Labute approximate surface area is 163 Å². The summed E-state index contributed by atoms with van der Waals surface area (Å²) in [5.41, 5.74) is 2.97. The Balaban J connectivity index is 1.34. The number of hydrogen-bond acceptors (Lipinski definition) is 5. The van der Waals surface area contributed by atoms with Crippen LogP contribution in [-0.2, 0) is 22.6 Å². The van der Waals surface area contributed by atoms with Gasteiger partial charge < -0.3 is 15.4 Å². The number of hydrogen-bond donors (Lipinski definition) is 2. The molecule has 2 aromatic rings. The van der Waals surface area contributed by atoms with Gasteiger partial charge in [-0.2, -0.15) is 11.3 Å². The van der Waals surface area contributed by atoms with Crippen molar-refractivity contribution in [2.45, 2.75) is 19.5 Å². The van der Waals surface area contributed by atoms with Gasteiger partial charge in [-0.15, -0.1) is 0 Å². The van der Waals surface area contributed by atoms with Crippen molar-refractivity contribution in [3.8, 4) is 0 Å². The predicted molar refractivity (Wildman–Crippen MR) is 106 cm³/mol. The van der Waals surface area contributed by atoms with Gasteiger partial charge in [0.1, 0.15) is 0 Å². The van der Waals surface area contributed by atoms with Gasteiger partial charge in [0, 0.05) is 50.1 Å². The molecule has 144 valence electrons. The first-order chi connectivity index (χ1) is 13.2. The average molecular weight is 388 g/mol. The third kappa shape index (κ3) is 6.46. The van der Waals surface area contributed by atoms with Gasteiger partial charge in [-0.25, -0.2) is 0 Å². The molecule has 1 saturated heterocycles. The highest BCUT2D eigenvalue weighted by molar-refractivity contribution is 7.08. The van der Waals surface area contributed by atoms with Gasteiger partial charge >= 0.3 is 0 Å². The highest BCUT2D eigenvalue weighted by Crippen LogP contribution is 2.09. The third-order valence-corrected chi connectivity index (χ3v) is 5.13. The number of thiophene rings is 1. The van der Waals surface area contributed by atoms with Crippen molar-refractivity contribution in [2.24, 2.45) is 0 Å². The van der Waals surface area contributed by atoms with E-state index in [1.54, 1.807) is 11.4 Å². The summed E-state index contributed by atoms with van der Waals surface area (Å²) in [5.74, 6) is -0.210. The first-order valence-electron chi connectivity index (χ1n) is 9.16. The van der Waals surface area contributed by atoms with Crippen LogP contribution in [0.15, 0.2) is 41.1 Å². The number of ether oxygens (including phenoxy) is 1. The molecule has 1 aromatic heterocycles. The molecule has 1 aromatic carbocycles. The fraction of sp³-hybridized carbons (Fsp3) is 0.400. The highest BCUT2D eigenvalue weighted by Gasteiger charge is 2.10. The number of carbonyl (C=O) groups is 2. The minimum absolute atomic E-state index is 0.0713. The van der Waals surface area contributed by atoms with Crippen LogP contribution in [0.3, 0.4) is 0 Å². The monoisotopic (exact) mass is 387 g/mol. The lowest BCUT2D eigenvalue weighted by Gasteiger charge is -2.26. The number of benzene rings is 1. The lowest BCUT2D eigenvalue weighted by molar-refractivity contribution is -0.121. The zero-order chi connectivity index (χ0) is 18.9. The Bertz CT molecular complexity index is 725. The van der Waals surface area contributed by atoms with E-state index in [1.807, 2.05) is 5.38 Å². The molecule has 0 radical (unpaired) electrons. The Hall–Kier alpha value is -2.22. The smallest absolute Gasteiger partial charge is 0.252 e. The molecule has 2 heterocycles. The molecule has 1 aliphatic heterocycles. The summed E-state index contributed by atoms with van der Waals surface area (Å²) in [6.45, 7) is 5.31. The zero-order valence-electron chi connectivity index (χ0n) is 15.3. The molecule has 7 heteroatoms. The van der Waals surface area contributed by atoms with Crippen LogP contribution >= 0.6 is 11.3 Å². The van der Waals surface area contributed by atoms with Crippen molar-refractivity contribution in [3.63, 3.8) is 0 Å². The number of nitrogens with one attached hydrogen (secondary N) is 2. The second-order valence-corrected chi connectivity index (χ2v) is 7.28. The van der Waals surface area contributed by atoms with Gasteiger partial charge in [0.25, 0.3) is 5.91 Å². The van der Waals surface area contributed by atoms with Crippen LogP contribution in [0, 0.1) is 0 Å². The van der Waals surface area contributed by atoms with Crippen LogP contribution in [0.4, 0.5) is 0 Å². The minimum atomic E-state index is -0.139. The van der Waals surface area contributed by atoms with Gasteiger partial charge in [0.2, 0.25) is 5.91 Å². The molecule has 0 aliphatic carbocycles. The van der Waals surface area contributed by atoms with E-state index in [4.69, 9.17) is 4.74 Å². The molecule has 3 rings (SSSR count). The predicted octanol–water partition coefficient (Wildman–Crippen LogP) is 2.02. The molecule has 2 N–H and O–H groups in total. The largest absolute Gasteiger partial charge is 0.379 e. The van der Waals surface area contributed by atoms with E-state index in [-0.39, 0.29) is 18.2 Å². The van der Waals surface area contributed by atoms with Crippen molar-refractivity contribution in [2.75, 3.05) is 32.8 Å². The Morgan fingerprint density at radius 1 is 1.04 bits per heavy atom. The highest BCUT2D eigenvalue weighted by atomic mass is 32.1. The van der Waals surface area contributed by atoms with Crippen LogP contribution in [0.1, 0.15) is 27.9 Å². The summed E-state index contributed by atoms with van der Waals surface area (Å²) in [4.78, 5) is 26.1. The molecule has 0 bridgehead atoms. The first-order valence-corrected chi connectivity index (χ1v) is 10.1. The topological polar surface area (TPSA) is 70.7 Å². The Morgan fingerprint density at radius 3 is 2.48 bits per heavy atom. The second kappa shape index (κ2) is 10.2. The lowest BCUT2D eigenvalue weighted by Crippen LogP contribution is -2.35. The number of amides is 2. The summed E-state index contributed by atoms with van der Waals surface area (Å²) in [6, 6.07) is 10.1. The van der Waals surface area contributed by atoms with Gasteiger partial charge in [0.15, 0.2) is 0 Å². The quantitative estimate of drug-likeness (QED) is 0.727. The number of morpholine rings is 1. The summed E-state index contributed by atoms with van der Waals surface area (Å²) < 4.78 is 5.37. The molecule has 6 nitrogen and oxygen atoms in total. The Morgan fingerprint density at radius 2 is 1.78 bits per heavy atom. The van der Waals surface area contributed by atoms with E-state index in [0.29, 0.717) is 18.7 Å². The van der Waals surface area contributed by atoms with E-state index in [0.717, 1.165) is 38.4 Å². The summed E-state index contributed by atoms with van der Waals surface area (Å²) in [7, 11) is 0. The summed E-state index contributed by atoms with van der Waals surface area (Å²) >= 11 is 1.48. The van der Waals surface area contributed by atoms with E-state index in [9.17, 15) is 9.59 Å². The van der Waals surface area contributed by atoms with Crippen molar-refractivity contribution < 1.29 is 14.3 Å². The maximum Gasteiger partial charge on any atom is 0.252 e. The fourth-order valence-corrected chi connectivity index (χ4v) is 3.49. The van der Waals surface area contributed by atoms with Gasteiger partial charge in [-0.3, -0.25) is 14.5 Å². The summed E-state index contributed by atoms with van der Waals surface area (Å²) in [6.07, 6.45) is 0.269. The minimum Gasteiger partial charge on any atom is -0.379 e. The number of carbonyl (C=O) groups excluding carboxylic acids is 2. The van der Waals surface area contributed by atoms with Gasteiger partial charge in [0.05, 0.1) is 13.2 Å². The second-order valence-electron chi connectivity index (χ2n) is 6.50. The van der Waals surface area contributed by atoms with Crippen molar-refractivity contribution in [1.82, 2.24) is 15.5 Å². The van der Waals surface area contributed by atoms with E-state index in [1.165, 1.54) is 16.9 Å². The van der Waals surface area contributed by atoms with E-state index >= 15 is 0 Å². The molecule has 2 amide bonds. The molecule has 1 aliphatic rings. The number of rotatable bonds is 8. The standard InChI is InChI=1S/C20H25N3O3S/c24-19(5-7-21-20(25)18-6-12-27-15-18)22-13-16-1-3-17(4-2-16)14-23-8-10-26-11-9-23/h1-4,6,12,15H,5,7-11,13-14H2,(H,21,25)(H,22,24). The third-order valence-electron chi connectivity index (χ3n) is 4.44. The van der Waals surface area contributed by atoms with Crippen LogP contribution in [-0.4, -0.2) is 49.6 Å². The molecule has 0 spiro atoms. The van der Waals surface area contributed by atoms with Crippen molar-refractivity contribution >= 4 is 23.2 Å². The fourth-order valence-electron chi connectivity index (χ4n) is 2.85. The molecule has 0 saturated carbocycles. The normalized spacial score (nSPS) is 14.7. The molecule has 0 unspecified atom stereocenters. The molecular formula is C20H25N3O3S. The first kappa shape index (κ1) is 19.5. The van der Waals surface area contributed by atoms with E-state index < -0.39 is 0 Å². The zero-order valence-corrected chi connectivity index (χ0v) is 16.1. The maximum atomic E-state index is 11.9. The van der Waals surface area contributed by atoms with E-state index in [2.05, 4.69) is 39.8 Å². The Kier molecular flexibility index (Phi) is 7.38. The van der Waals surface area contributed by atoms with Crippen LogP contribution in [0.5, 0.6) is 0 Å². The molecule has 27 heavy (non-hydrogen) atoms. The van der Waals surface area contributed by atoms with Gasteiger partial charge in [-0.1, -0.05) is 24.3 Å². The van der Waals surface area contributed by atoms with Crippen LogP contribution in [0.25, 0.3) is 0 Å². The van der Waals surface area contributed by atoms with Crippen molar-refractivity contribution in [1.29, 1.82) is 0 Å². The van der Waals surface area contributed by atoms with Gasteiger partial charge in [-0.05, 0) is 22.6 Å². The SMILES string of the molecule is O=C(CCNC(=O)c1ccsc1)NCc1ccc(CN2CCOCC2)cc1. The van der Waals surface area contributed by atoms with Crippen LogP contribution in [0.2, 0.25) is 0 Å². The maximum absolute atomic E-state index is 11.9. The van der Waals surface area contributed by atoms with Crippen molar-refractivity contribution in [3.05, 3.63) is 57.8 Å². The summed E-state index contributed by atoms with van der Waals surface area (Å²) in [5, 5.41) is 9.29. The molecule has 1 fully saturated rings.